The zero-order valence-corrected chi connectivity index (χ0v) is 16.2. The highest BCUT2D eigenvalue weighted by Crippen LogP contribution is 2.33. The van der Waals surface area contributed by atoms with Crippen molar-refractivity contribution in [3.05, 3.63) is 0 Å². The van der Waals surface area contributed by atoms with E-state index in [0.717, 1.165) is 32.1 Å². The summed E-state index contributed by atoms with van der Waals surface area (Å²) in [6.07, 6.45) is 2.64. The number of hydrogen-bond donors (Lipinski definition) is 2. The van der Waals surface area contributed by atoms with Gasteiger partial charge in [-0.15, -0.1) is 0 Å². The largest absolute Gasteiger partial charge is 0.377 e. The van der Waals surface area contributed by atoms with Crippen molar-refractivity contribution in [3.63, 3.8) is 0 Å². The van der Waals surface area contributed by atoms with Crippen molar-refractivity contribution in [2.24, 2.45) is 16.3 Å². The van der Waals surface area contributed by atoms with Gasteiger partial charge >= 0.3 is 0 Å². The van der Waals surface area contributed by atoms with E-state index < -0.39 is 0 Å². The second-order valence-corrected chi connectivity index (χ2v) is 8.10. The van der Waals surface area contributed by atoms with E-state index in [1.54, 1.807) is 7.11 Å². The molecule has 0 bridgehead atoms. The molecule has 2 unspecified atom stereocenters. The van der Waals surface area contributed by atoms with Crippen LogP contribution in [0.4, 0.5) is 0 Å². The average Bonchev–Trinajstić information content (AvgIpc) is 2.49. The van der Waals surface area contributed by atoms with E-state index in [2.05, 4.69) is 43.3 Å². The van der Waals surface area contributed by atoms with Gasteiger partial charge in [-0.2, -0.15) is 0 Å². The van der Waals surface area contributed by atoms with Gasteiger partial charge in [0.1, 0.15) is 0 Å². The summed E-state index contributed by atoms with van der Waals surface area (Å²) in [6.45, 7) is 16.2. The standard InChI is InChI=1S/C18H37N3O2/c1-8-19-16(21-13-18(5,6)22-7)20-12-14-10-9-11-23-15(14)17(2,3)4/h14-15H,8-13H2,1-7H3,(H2,19,20,21). The summed E-state index contributed by atoms with van der Waals surface area (Å²) in [5.74, 6) is 1.37. The van der Waals surface area contributed by atoms with Crippen molar-refractivity contribution >= 4 is 5.96 Å². The minimum absolute atomic E-state index is 0.167. The fraction of sp³-hybridized carbons (Fsp3) is 0.944. The topological polar surface area (TPSA) is 54.9 Å². The molecule has 1 aliphatic heterocycles. The van der Waals surface area contributed by atoms with Gasteiger partial charge in [-0.1, -0.05) is 20.8 Å². The molecule has 0 radical (unpaired) electrons. The van der Waals surface area contributed by atoms with Crippen LogP contribution in [0, 0.1) is 11.3 Å². The summed E-state index contributed by atoms with van der Waals surface area (Å²) in [4.78, 5) is 4.66. The second kappa shape index (κ2) is 8.88. The Morgan fingerprint density at radius 2 is 1.91 bits per heavy atom. The van der Waals surface area contributed by atoms with Crippen LogP contribution in [0.2, 0.25) is 0 Å². The quantitative estimate of drug-likeness (QED) is 0.582. The van der Waals surface area contributed by atoms with Crippen molar-refractivity contribution < 1.29 is 9.47 Å². The van der Waals surface area contributed by atoms with Gasteiger partial charge in [0, 0.05) is 32.7 Å². The predicted molar refractivity (Wildman–Crippen MR) is 97.0 cm³/mol. The summed E-state index contributed by atoms with van der Waals surface area (Å²) in [7, 11) is 1.73. The molecule has 0 saturated carbocycles. The first-order valence-electron chi connectivity index (χ1n) is 8.88. The number of methoxy groups -OCH3 is 1. The number of nitrogens with zero attached hydrogens (tertiary/aromatic N) is 1. The van der Waals surface area contributed by atoms with Gasteiger partial charge in [0.25, 0.3) is 0 Å². The number of nitrogens with one attached hydrogen (secondary N) is 2. The first kappa shape index (κ1) is 20.2. The highest BCUT2D eigenvalue weighted by atomic mass is 16.5. The van der Waals surface area contributed by atoms with Crippen LogP contribution >= 0.6 is 0 Å². The van der Waals surface area contributed by atoms with E-state index in [1.165, 1.54) is 6.42 Å². The molecule has 2 N–H and O–H groups in total. The zero-order chi connectivity index (χ0) is 17.5. The minimum Gasteiger partial charge on any atom is -0.377 e. The summed E-state index contributed by atoms with van der Waals surface area (Å²) in [5, 5.41) is 6.81. The van der Waals surface area contributed by atoms with E-state index in [1.807, 2.05) is 13.8 Å². The van der Waals surface area contributed by atoms with E-state index in [-0.39, 0.29) is 11.0 Å². The number of guanidine groups is 1. The molecule has 1 fully saturated rings. The van der Waals surface area contributed by atoms with Gasteiger partial charge in [-0.05, 0) is 39.0 Å². The summed E-state index contributed by atoms with van der Waals surface area (Å²) < 4.78 is 11.5. The maximum atomic E-state index is 6.06. The van der Waals surface area contributed by atoms with E-state index in [9.17, 15) is 0 Å². The smallest absolute Gasteiger partial charge is 0.191 e. The monoisotopic (exact) mass is 327 g/mol. The lowest BCUT2D eigenvalue weighted by Crippen LogP contribution is -2.47. The van der Waals surface area contributed by atoms with Crippen LogP contribution in [0.25, 0.3) is 0 Å². The molecule has 0 aromatic rings. The number of rotatable bonds is 6. The molecular weight excluding hydrogens is 290 g/mol. The van der Waals surface area contributed by atoms with Crippen molar-refractivity contribution in [2.45, 2.75) is 66.1 Å². The Morgan fingerprint density at radius 1 is 1.22 bits per heavy atom. The van der Waals surface area contributed by atoms with Gasteiger partial charge in [0.05, 0.1) is 18.2 Å². The van der Waals surface area contributed by atoms with Crippen LogP contribution in [0.1, 0.15) is 54.4 Å². The fourth-order valence-corrected chi connectivity index (χ4v) is 2.91. The lowest BCUT2D eigenvalue weighted by molar-refractivity contribution is -0.0835. The Balaban J connectivity index is 2.64. The predicted octanol–water partition coefficient (Wildman–Crippen LogP) is 2.81. The van der Waals surface area contributed by atoms with Crippen LogP contribution in [0.15, 0.2) is 4.99 Å². The molecule has 1 saturated heterocycles. The molecule has 0 aromatic carbocycles. The van der Waals surface area contributed by atoms with E-state index in [4.69, 9.17) is 9.47 Å². The van der Waals surface area contributed by atoms with Crippen molar-refractivity contribution in [1.29, 1.82) is 0 Å². The fourth-order valence-electron chi connectivity index (χ4n) is 2.91. The summed E-state index contributed by atoms with van der Waals surface area (Å²) in [6, 6.07) is 0. The number of aliphatic imine (C=N–C) groups is 1. The van der Waals surface area contributed by atoms with Crippen molar-refractivity contribution in [1.82, 2.24) is 10.6 Å². The van der Waals surface area contributed by atoms with Crippen LogP contribution < -0.4 is 10.6 Å². The van der Waals surface area contributed by atoms with Crippen molar-refractivity contribution in [3.8, 4) is 0 Å². The molecule has 1 aliphatic rings. The zero-order valence-electron chi connectivity index (χ0n) is 16.2. The molecule has 0 aromatic heterocycles. The van der Waals surface area contributed by atoms with Gasteiger partial charge < -0.3 is 20.1 Å². The van der Waals surface area contributed by atoms with Crippen LogP contribution in [0.3, 0.4) is 0 Å². The lowest BCUT2D eigenvalue weighted by Gasteiger charge is -2.40. The Hall–Kier alpha value is -0.810. The third-order valence-electron chi connectivity index (χ3n) is 4.34. The van der Waals surface area contributed by atoms with E-state index in [0.29, 0.717) is 18.6 Å². The highest BCUT2D eigenvalue weighted by Gasteiger charge is 2.35. The molecule has 0 amide bonds. The maximum Gasteiger partial charge on any atom is 0.191 e. The van der Waals surface area contributed by atoms with Crippen molar-refractivity contribution in [2.75, 3.05) is 33.4 Å². The van der Waals surface area contributed by atoms with Crippen LogP contribution in [-0.2, 0) is 9.47 Å². The lowest BCUT2D eigenvalue weighted by atomic mass is 9.78. The molecule has 23 heavy (non-hydrogen) atoms. The highest BCUT2D eigenvalue weighted by molar-refractivity contribution is 5.79. The second-order valence-electron chi connectivity index (χ2n) is 8.10. The average molecular weight is 328 g/mol. The first-order chi connectivity index (χ1) is 10.7. The number of ether oxygens (including phenoxy) is 2. The van der Waals surface area contributed by atoms with Crippen LogP contribution in [0.5, 0.6) is 0 Å². The minimum atomic E-state index is -0.246. The maximum absolute atomic E-state index is 6.06. The summed E-state index contributed by atoms with van der Waals surface area (Å²) in [5.41, 5.74) is -0.0788. The van der Waals surface area contributed by atoms with Gasteiger partial charge in [-0.25, -0.2) is 0 Å². The SMILES string of the molecule is CCNC(=NCC(C)(C)OC)NCC1CCCOC1C(C)(C)C. The molecule has 1 rings (SSSR count). The normalized spacial score (nSPS) is 23.7. The molecule has 1 heterocycles. The van der Waals surface area contributed by atoms with Gasteiger partial charge in [-0.3, -0.25) is 4.99 Å². The molecule has 5 heteroatoms. The molecule has 0 aliphatic carbocycles. The van der Waals surface area contributed by atoms with Gasteiger partial charge in [0.2, 0.25) is 0 Å². The molecule has 136 valence electrons. The number of hydrogen-bond acceptors (Lipinski definition) is 3. The molecule has 5 nitrogen and oxygen atoms in total. The third kappa shape index (κ3) is 7.08. The Labute approximate surface area is 142 Å². The van der Waals surface area contributed by atoms with Gasteiger partial charge in [0.15, 0.2) is 5.96 Å². The molecule has 0 spiro atoms. The Kier molecular flexibility index (Phi) is 7.81. The van der Waals surface area contributed by atoms with Crippen LogP contribution in [-0.4, -0.2) is 51.0 Å². The van der Waals surface area contributed by atoms with E-state index >= 15 is 0 Å². The molecule has 2 atom stereocenters. The molecular formula is C18H37N3O2. The Bertz CT molecular complexity index is 375. The summed E-state index contributed by atoms with van der Waals surface area (Å²) >= 11 is 0. The Morgan fingerprint density at radius 3 is 2.48 bits per heavy atom. The first-order valence-corrected chi connectivity index (χ1v) is 8.88. The third-order valence-corrected chi connectivity index (χ3v) is 4.34.